The second kappa shape index (κ2) is 6.93. The molecule has 1 N–H and O–H groups in total. The topological polar surface area (TPSA) is 50.7 Å². The first-order chi connectivity index (χ1) is 8.34. The molecular formula is C10H11BrN4S2. The van der Waals surface area contributed by atoms with Crippen LogP contribution in [0.15, 0.2) is 32.8 Å². The van der Waals surface area contributed by atoms with Gasteiger partial charge in [0.25, 0.3) is 0 Å². The molecule has 0 aromatic carbocycles. The lowest BCUT2D eigenvalue weighted by atomic mass is 10.5. The number of aromatic nitrogens is 3. The van der Waals surface area contributed by atoms with E-state index in [2.05, 4.69) is 36.2 Å². The maximum absolute atomic E-state index is 4.21. The van der Waals surface area contributed by atoms with E-state index in [1.54, 1.807) is 35.5 Å². The van der Waals surface area contributed by atoms with Gasteiger partial charge in [0, 0.05) is 36.3 Å². The third-order valence-electron chi connectivity index (χ3n) is 1.86. The number of halogens is 1. The van der Waals surface area contributed by atoms with Crippen molar-refractivity contribution in [2.45, 2.75) is 10.8 Å². The van der Waals surface area contributed by atoms with Gasteiger partial charge >= 0.3 is 0 Å². The Labute approximate surface area is 116 Å². The summed E-state index contributed by atoms with van der Waals surface area (Å²) in [6, 6.07) is 0. The van der Waals surface area contributed by atoms with Gasteiger partial charge in [0.05, 0.1) is 4.47 Å². The van der Waals surface area contributed by atoms with E-state index < -0.39 is 0 Å². The predicted molar refractivity (Wildman–Crippen MR) is 75.7 cm³/mol. The average Bonchev–Trinajstić information content (AvgIpc) is 2.84. The molecule has 0 aliphatic rings. The lowest BCUT2D eigenvalue weighted by Crippen LogP contribution is -2.05. The summed E-state index contributed by atoms with van der Waals surface area (Å²) in [6.07, 6.45) is 6.36. The Hall–Kier alpha value is -0.660. The quantitative estimate of drug-likeness (QED) is 0.650. The van der Waals surface area contributed by atoms with Crippen LogP contribution in [0.25, 0.3) is 0 Å². The molecule has 90 valence electrons. The number of rotatable bonds is 6. The maximum Gasteiger partial charge on any atom is 0.222 e. The predicted octanol–water partition coefficient (Wildman–Crippen LogP) is 3.29. The summed E-state index contributed by atoms with van der Waals surface area (Å²) >= 11 is 6.76. The second-order valence-corrected chi connectivity index (χ2v) is 6.30. The van der Waals surface area contributed by atoms with E-state index in [0.29, 0.717) is 5.95 Å². The lowest BCUT2D eigenvalue weighted by Gasteiger charge is -2.03. The SMILES string of the molecule is Brc1cnc(NCCCSc2nccs2)nc1. The first-order valence-corrected chi connectivity index (χ1v) is 7.74. The van der Waals surface area contributed by atoms with E-state index in [1.165, 1.54) is 0 Å². The number of hydrogen-bond donors (Lipinski definition) is 1. The van der Waals surface area contributed by atoms with Crippen molar-refractivity contribution in [1.82, 2.24) is 15.0 Å². The van der Waals surface area contributed by atoms with Crippen molar-refractivity contribution in [2.75, 3.05) is 17.6 Å². The minimum absolute atomic E-state index is 0.674. The van der Waals surface area contributed by atoms with Crippen LogP contribution in [-0.2, 0) is 0 Å². The van der Waals surface area contributed by atoms with Crippen molar-refractivity contribution >= 4 is 45.0 Å². The molecule has 2 heterocycles. The van der Waals surface area contributed by atoms with Crippen LogP contribution in [0.1, 0.15) is 6.42 Å². The minimum atomic E-state index is 0.674. The summed E-state index contributed by atoms with van der Waals surface area (Å²) in [5, 5.41) is 5.17. The molecule has 0 radical (unpaired) electrons. The summed E-state index contributed by atoms with van der Waals surface area (Å²) in [6.45, 7) is 0.875. The van der Waals surface area contributed by atoms with Crippen LogP contribution < -0.4 is 5.32 Å². The molecular weight excluding hydrogens is 320 g/mol. The third-order valence-corrected chi connectivity index (χ3v) is 4.32. The van der Waals surface area contributed by atoms with Crippen molar-refractivity contribution < 1.29 is 0 Å². The zero-order valence-electron chi connectivity index (χ0n) is 8.97. The summed E-state index contributed by atoms with van der Waals surface area (Å²) < 4.78 is 2.02. The fourth-order valence-corrected chi connectivity index (χ4v) is 2.97. The van der Waals surface area contributed by atoms with E-state index >= 15 is 0 Å². The molecule has 0 fully saturated rings. The molecule has 0 aliphatic heterocycles. The van der Waals surface area contributed by atoms with Gasteiger partial charge in [-0.25, -0.2) is 15.0 Å². The molecule has 0 saturated carbocycles. The van der Waals surface area contributed by atoms with Gasteiger partial charge in [-0.05, 0) is 22.4 Å². The molecule has 4 nitrogen and oxygen atoms in total. The van der Waals surface area contributed by atoms with Gasteiger partial charge in [0.15, 0.2) is 0 Å². The Kier molecular flexibility index (Phi) is 5.21. The molecule has 0 unspecified atom stereocenters. The normalized spacial score (nSPS) is 10.4. The number of anilines is 1. The molecule has 0 spiro atoms. The highest BCUT2D eigenvalue weighted by Gasteiger charge is 1.97. The Morgan fingerprint density at radius 1 is 1.29 bits per heavy atom. The van der Waals surface area contributed by atoms with Gasteiger partial charge < -0.3 is 5.32 Å². The van der Waals surface area contributed by atoms with Crippen molar-refractivity contribution in [2.24, 2.45) is 0 Å². The van der Waals surface area contributed by atoms with Crippen LogP contribution in [0.3, 0.4) is 0 Å². The van der Waals surface area contributed by atoms with E-state index in [4.69, 9.17) is 0 Å². The number of hydrogen-bond acceptors (Lipinski definition) is 6. The lowest BCUT2D eigenvalue weighted by molar-refractivity contribution is 0.959. The van der Waals surface area contributed by atoms with Crippen LogP contribution in [0, 0.1) is 0 Å². The van der Waals surface area contributed by atoms with Gasteiger partial charge in [0.2, 0.25) is 5.95 Å². The van der Waals surface area contributed by atoms with Crippen LogP contribution in [0.4, 0.5) is 5.95 Å². The largest absolute Gasteiger partial charge is 0.354 e. The Balaban J connectivity index is 1.61. The smallest absolute Gasteiger partial charge is 0.222 e. The molecule has 0 aliphatic carbocycles. The third kappa shape index (κ3) is 4.61. The Bertz CT molecular complexity index is 432. The van der Waals surface area contributed by atoms with Crippen LogP contribution >= 0.6 is 39.0 Å². The highest BCUT2D eigenvalue weighted by Crippen LogP contribution is 2.20. The van der Waals surface area contributed by atoms with Crippen molar-refractivity contribution in [1.29, 1.82) is 0 Å². The van der Waals surface area contributed by atoms with E-state index in [0.717, 1.165) is 27.5 Å². The molecule has 2 aromatic rings. The molecule has 2 aromatic heterocycles. The van der Waals surface area contributed by atoms with Crippen molar-refractivity contribution in [3.8, 4) is 0 Å². The molecule has 17 heavy (non-hydrogen) atoms. The zero-order valence-corrected chi connectivity index (χ0v) is 12.2. The van der Waals surface area contributed by atoms with Crippen LogP contribution in [0.5, 0.6) is 0 Å². The van der Waals surface area contributed by atoms with Crippen molar-refractivity contribution in [3.05, 3.63) is 28.4 Å². The van der Waals surface area contributed by atoms with E-state index in [1.807, 2.05) is 11.6 Å². The summed E-state index contributed by atoms with van der Waals surface area (Å²) in [7, 11) is 0. The average molecular weight is 331 g/mol. The fraction of sp³-hybridized carbons (Fsp3) is 0.300. The van der Waals surface area contributed by atoms with Gasteiger partial charge in [-0.1, -0.05) is 11.8 Å². The minimum Gasteiger partial charge on any atom is -0.354 e. The van der Waals surface area contributed by atoms with Crippen LogP contribution in [-0.4, -0.2) is 27.2 Å². The number of nitrogens with one attached hydrogen (secondary N) is 1. The molecule has 2 rings (SSSR count). The van der Waals surface area contributed by atoms with E-state index in [-0.39, 0.29) is 0 Å². The Morgan fingerprint density at radius 3 is 2.82 bits per heavy atom. The second-order valence-electron chi connectivity index (χ2n) is 3.15. The van der Waals surface area contributed by atoms with Gasteiger partial charge in [-0.15, -0.1) is 11.3 Å². The molecule has 0 bridgehead atoms. The fourth-order valence-electron chi connectivity index (χ4n) is 1.12. The van der Waals surface area contributed by atoms with Crippen molar-refractivity contribution in [3.63, 3.8) is 0 Å². The summed E-state index contributed by atoms with van der Waals surface area (Å²) in [5.41, 5.74) is 0. The standard InChI is InChI=1S/C10H11BrN4S2/c11-8-6-14-9(15-7-8)12-2-1-4-16-10-13-3-5-17-10/h3,5-7H,1-2,4H2,(H,12,14,15). The van der Waals surface area contributed by atoms with Gasteiger partial charge in [-0.2, -0.15) is 0 Å². The molecule has 0 amide bonds. The maximum atomic E-state index is 4.21. The zero-order chi connectivity index (χ0) is 11.9. The summed E-state index contributed by atoms with van der Waals surface area (Å²) in [4.78, 5) is 12.5. The number of thioether (sulfide) groups is 1. The summed E-state index contributed by atoms with van der Waals surface area (Å²) in [5.74, 6) is 1.73. The highest BCUT2D eigenvalue weighted by atomic mass is 79.9. The Morgan fingerprint density at radius 2 is 2.12 bits per heavy atom. The highest BCUT2D eigenvalue weighted by molar-refractivity contribution is 9.10. The monoisotopic (exact) mass is 330 g/mol. The molecule has 0 atom stereocenters. The first kappa shape index (κ1) is 12.8. The van der Waals surface area contributed by atoms with Gasteiger partial charge in [-0.3, -0.25) is 0 Å². The first-order valence-electron chi connectivity index (χ1n) is 5.08. The number of thiazole rings is 1. The van der Waals surface area contributed by atoms with E-state index in [9.17, 15) is 0 Å². The van der Waals surface area contributed by atoms with Gasteiger partial charge in [0.1, 0.15) is 4.34 Å². The van der Waals surface area contributed by atoms with Crippen LogP contribution in [0.2, 0.25) is 0 Å². The molecule has 0 saturated heterocycles. The number of nitrogens with zero attached hydrogens (tertiary/aromatic N) is 3. The molecule has 7 heteroatoms.